The third-order valence-electron chi connectivity index (χ3n) is 3.40. The summed E-state index contributed by atoms with van der Waals surface area (Å²) in [6.07, 6.45) is 2.60. The van der Waals surface area contributed by atoms with Crippen molar-refractivity contribution in [2.24, 2.45) is 5.92 Å². The quantitative estimate of drug-likeness (QED) is 0.791. The molecular weight excluding hydrogens is 212 g/mol. The summed E-state index contributed by atoms with van der Waals surface area (Å²) in [5.74, 6) is 0.823. The van der Waals surface area contributed by atoms with E-state index >= 15 is 0 Å². The maximum atomic E-state index is 11.8. The fraction of sp³-hybridized carbons (Fsp3) is 0.500. The number of quaternary nitrogens is 1. The normalized spacial score (nSPS) is 24.3. The number of carbonyl (C=O) groups excluding carboxylic acids is 1. The minimum absolute atomic E-state index is 0.0383. The van der Waals surface area contributed by atoms with Crippen molar-refractivity contribution in [2.75, 3.05) is 19.8 Å². The molecule has 17 heavy (non-hydrogen) atoms. The molecule has 1 amide bonds. The predicted octanol–water partition coefficient (Wildman–Crippen LogP) is 0.689. The molecule has 1 heterocycles. The average molecular weight is 233 g/mol. The Morgan fingerprint density at radius 2 is 2.18 bits per heavy atom. The van der Waals surface area contributed by atoms with Crippen LogP contribution in [0.1, 0.15) is 30.1 Å². The van der Waals surface area contributed by atoms with Crippen LogP contribution in [0.25, 0.3) is 0 Å². The summed E-state index contributed by atoms with van der Waals surface area (Å²) in [6, 6.07) is 9.41. The van der Waals surface area contributed by atoms with Gasteiger partial charge in [0, 0.05) is 11.5 Å². The summed E-state index contributed by atoms with van der Waals surface area (Å²) in [5.41, 5.74) is 0.747. The summed E-state index contributed by atoms with van der Waals surface area (Å²) in [5, 5.41) is 3.01. The number of hydrogen-bond acceptors (Lipinski definition) is 1. The molecule has 2 atom stereocenters. The molecule has 1 saturated heterocycles. The van der Waals surface area contributed by atoms with Gasteiger partial charge in [-0.1, -0.05) is 25.1 Å². The van der Waals surface area contributed by atoms with E-state index in [1.54, 1.807) is 0 Å². The smallest absolute Gasteiger partial charge is 0.255 e. The summed E-state index contributed by atoms with van der Waals surface area (Å²) in [4.78, 5) is 13.3. The molecule has 0 bridgehead atoms. The molecule has 0 saturated carbocycles. The lowest BCUT2D eigenvalue weighted by molar-refractivity contribution is -0.910. The topological polar surface area (TPSA) is 33.5 Å². The summed E-state index contributed by atoms with van der Waals surface area (Å²) < 4.78 is 0. The molecule has 3 nitrogen and oxygen atoms in total. The van der Waals surface area contributed by atoms with Gasteiger partial charge in [-0.05, 0) is 25.0 Å². The molecule has 1 aliphatic rings. The van der Waals surface area contributed by atoms with E-state index in [0.29, 0.717) is 0 Å². The molecule has 2 rings (SSSR count). The largest absolute Gasteiger partial charge is 0.318 e. The molecule has 3 heteroatoms. The molecule has 1 fully saturated rings. The van der Waals surface area contributed by atoms with Crippen molar-refractivity contribution in [1.29, 1.82) is 0 Å². The van der Waals surface area contributed by atoms with Crippen molar-refractivity contribution in [3.8, 4) is 0 Å². The van der Waals surface area contributed by atoms with Crippen LogP contribution in [0.15, 0.2) is 30.3 Å². The Kier molecular flexibility index (Phi) is 4.15. The van der Waals surface area contributed by atoms with Crippen molar-refractivity contribution in [1.82, 2.24) is 5.32 Å². The van der Waals surface area contributed by atoms with E-state index in [4.69, 9.17) is 0 Å². The maximum absolute atomic E-state index is 11.8. The summed E-state index contributed by atoms with van der Waals surface area (Å²) in [7, 11) is 0. The van der Waals surface area contributed by atoms with Crippen LogP contribution in [-0.2, 0) is 0 Å². The Hall–Kier alpha value is -1.35. The van der Waals surface area contributed by atoms with Gasteiger partial charge in [0.1, 0.15) is 0 Å². The third-order valence-corrected chi connectivity index (χ3v) is 3.40. The molecular formula is C14H21N2O+. The van der Waals surface area contributed by atoms with Crippen LogP contribution in [-0.4, -0.2) is 25.7 Å². The fourth-order valence-electron chi connectivity index (χ4n) is 2.45. The summed E-state index contributed by atoms with van der Waals surface area (Å²) in [6.45, 7) is 5.39. The van der Waals surface area contributed by atoms with Gasteiger partial charge >= 0.3 is 0 Å². The van der Waals surface area contributed by atoms with Crippen LogP contribution in [0.2, 0.25) is 0 Å². The Bertz CT molecular complexity index is 364. The molecule has 0 radical (unpaired) electrons. The van der Waals surface area contributed by atoms with Crippen molar-refractivity contribution >= 4 is 5.91 Å². The number of rotatable bonds is 3. The molecule has 0 aliphatic carbocycles. The number of benzene rings is 1. The number of carbonyl (C=O) groups is 1. The zero-order valence-corrected chi connectivity index (χ0v) is 10.4. The zero-order chi connectivity index (χ0) is 12.1. The fourth-order valence-corrected chi connectivity index (χ4v) is 2.45. The molecule has 1 aromatic carbocycles. The molecule has 2 N–H and O–H groups in total. The van der Waals surface area contributed by atoms with Crippen LogP contribution < -0.4 is 10.2 Å². The SMILES string of the molecule is C[C@H]1CCC[NH+](CNC(=O)c2ccccc2)C1. The van der Waals surface area contributed by atoms with Crippen LogP contribution in [0.4, 0.5) is 0 Å². The van der Waals surface area contributed by atoms with E-state index in [0.717, 1.165) is 18.2 Å². The molecule has 0 aromatic heterocycles. The van der Waals surface area contributed by atoms with E-state index in [1.165, 1.54) is 30.8 Å². The second-order valence-electron chi connectivity index (χ2n) is 5.00. The van der Waals surface area contributed by atoms with Crippen molar-refractivity contribution < 1.29 is 9.69 Å². The van der Waals surface area contributed by atoms with E-state index in [-0.39, 0.29) is 5.91 Å². The lowest BCUT2D eigenvalue weighted by Gasteiger charge is -2.27. The van der Waals surface area contributed by atoms with Gasteiger partial charge in [0.25, 0.3) is 5.91 Å². The summed E-state index contributed by atoms with van der Waals surface area (Å²) >= 11 is 0. The van der Waals surface area contributed by atoms with Gasteiger partial charge < -0.3 is 10.2 Å². The number of amides is 1. The standard InChI is InChI=1S/C14H20N2O/c1-12-6-5-9-16(10-12)11-15-14(17)13-7-3-2-4-8-13/h2-4,7-8,12H,5-6,9-11H2,1H3,(H,15,17)/p+1/t12-/m0/s1. The molecule has 92 valence electrons. The predicted molar refractivity (Wildman–Crippen MR) is 67.9 cm³/mol. The minimum atomic E-state index is 0.0383. The van der Waals surface area contributed by atoms with Gasteiger partial charge in [0.05, 0.1) is 13.1 Å². The first kappa shape index (κ1) is 12.1. The Balaban J connectivity index is 1.80. The van der Waals surface area contributed by atoms with E-state index in [9.17, 15) is 4.79 Å². The molecule has 1 aromatic rings. The molecule has 1 unspecified atom stereocenters. The minimum Gasteiger partial charge on any atom is -0.318 e. The Morgan fingerprint density at radius 1 is 1.41 bits per heavy atom. The first-order chi connectivity index (χ1) is 8.25. The second kappa shape index (κ2) is 5.82. The van der Waals surface area contributed by atoms with E-state index < -0.39 is 0 Å². The molecule has 1 aliphatic heterocycles. The number of likely N-dealkylation sites (tertiary alicyclic amines) is 1. The number of piperidine rings is 1. The van der Waals surface area contributed by atoms with Crippen LogP contribution in [0.5, 0.6) is 0 Å². The lowest BCUT2D eigenvalue weighted by Crippen LogP contribution is -3.15. The first-order valence-corrected chi connectivity index (χ1v) is 6.42. The third kappa shape index (κ3) is 3.56. The van der Waals surface area contributed by atoms with Gasteiger partial charge in [0.15, 0.2) is 6.67 Å². The van der Waals surface area contributed by atoms with Crippen LogP contribution in [0, 0.1) is 5.92 Å². The maximum Gasteiger partial charge on any atom is 0.255 e. The van der Waals surface area contributed by atoms with Crippen molar-refractivity contribution in [2.45, 2.75) is 19.8 Å². The molecule has 0 spiro atoms. The Labute approximate surface area is 103 Å². The van der Waals surface area contributed by atoms with Gasteiger partial charge in [-0.15, -0.1) is 0 Å². The first-order valence-electron chi connectivity index (χ1n) is 6.42. The van der Waals surface area contributed by atoms with Gasteiger partial charge in [0.2, 0.25) is 0 Å². The monoisotopic (exact) mass is 233 g/mol. The van der Waals surface area contributed by atoms with Crippen LogP contribution >= 0.6 is 0 Å². The lowest BCUT2D eigenvalue weighted by atomic mass is 10.0. The van der Waals surface area contributed by atoms with Crippen molar-refractivity contribution in [3.63, 3.8) is 0 Å². The highest BCUT2D eigenvalue weighted by molar-refractivity contribution is 5.93. The number of hydrogen-bond donors (Lipinski definition) is 2. The van der Waals surface area contributed by atoms with E-state index in [2.05, 4.69) is 12.2 Å². The van der Waals surface area contributed by atoms with Gasteiger partial charge in [-0.25, -0.2) is 0 Å². The number of nitrogens with one attached hydrogen (secondary N) is 2. The van der Waals surface area contributed by atoms with Crippen molar-refractivity contribution in [3.05, 3.63) is 35.9 Å². The van der Waals surface area contributed by atoms with E-state index in [1.807, 2.05) is 30.3 Å². The average Bonchev–Trinajstić information content (AvgIpc) is 2.37. The highest BCUT2D eigenvalue weighted by Gasteiger charge is 2.19. The highest BCUT2D eigenvalue weighted by Crippen LogP contribution is 2.04. The van der Waals surface area contributed by atoms with Gasteiger partial charge in [-0.2, -0.15) is 0 Å². The zero-order valence-electron chi connectivity index (χ0n) is 10.4. The highest BCUT2D eigenvalue weighted by atomic mass is 16.1. The second-order valence-corrected chi connectivity index (χ2v) is 5.00. The van der Waals surface area contributed by atoms with Gasteiger partial charge in [-0.3, -0.25) is 4.79 Å². The van der Waals surface area contributed by atoms with Crippen LogP contribution in [0.3, 0.4) is 0 Å². The Morgan fingerprint density at radius 3 is 2.88 bits per heavy atom.